The van der Waals surface area contributed by atoms with Gasteiger partial charge in [0.1, 0.15) is 0 Å². The number of hydrogen-bond donors (Lipinski definition) is 0. The van der Waals surface area contributed by atoms with Crippen molar-refractivity contribution in [1.29, 1.82) is 0 Å². The molecule has 0 amide bonds. The van der Waals surface area contributed by atoms with Gasteiger partial charge in [0.15, 0.2) is 17.8 Å². The molecule has 1 unspecified atom stereocenters. The Bertz CT molecular complexity index is 1010. The molecule has 1 aromatic heterocycles. The van der Waals surface area contributed by atoms with Crippen LogP contribution in [-0.2, 0) is 11.3 Å². The predicted molar refractivity (Wildman–Crippen MR) is 106 cm³/mol. The SMILES string of the molecule is COc1ccc(-c2ccnn2Cc2cccc([N+](=O)[O-])c2)cc1OC1CCCO1. The second kappa shape index (κ2) is 8.32. The van der Waals surface area contributed by atoms with Gasteiger partial charge >= 0.3 is 0 Å². The molecule has 150 valence electrons. The van der Waals surface area contributed by atoms with Crippen LogP contribution < -0.4 is 9.47 Å². The van der Waals surface area contributed by atoms with E-state index in [1.165, 1.54) is 6.07 Å². The highest BCUT2D eigenvalue weighted by Gasteiger charge is 2.20. The molecule has 1 aliphatic rings. The van der Waals surface area contributed by atoms with Gasteiger partial charge in [-0.2, -0.15) is 5.10 Å². The quantitative estimate of drug-likeness (QED) is 0.443. The molecule has 2 aromatic carbocycles. The van der Waals surface area contributed by atoms with Crippen LogP contribution in [-0.4, -0.2) is 34.7 Å². The Morgan fingerprint density at radius 1 is 1.24 bits per heavy atom. The summed E-state index contributed by atoms with van der Waals surface area (Å²) in [6.45, 7) is 1.11. The first-order valence-electron chi connectivity index (χ1n) is 9.36. The summed E-state index contributed by atoms with van der Waals surface area (Å²) in [5, 5.41) is 15.4. The molecule has 29 heavy (non-hydrogen) atoms. The third-order valence-corrected chi connectivity index (χ3v) is 4.78. The molecule has 2 heterocycles. The third-order valence-electron chi connectivity index (χ3n) is 4.78. The summed E-state index contributed by atoms with van der Waals surface area (Å²) in [5.41, 5.74) is 2.64. The van der Waals surface area contributed by atoms with E-state index in [2.05, 4.69) is 5.10 Å². The van der Waals surface area contributed by atoms with Crippen molar-refractivity contribution in [3.8, 4) is 22.8 Å². The van der Waals surface area contributed by atoms with E-state index < -0.39 is 4.92 Å². The lowest BCUT2D eigenvalue weighted by Crippen LogP contribution is -2.14. The highest BCUT2D eigenvalue weighted by molar-refractivity contribution is 5.64. The number of rotatable bonds is 7. The molecule has 1 aliphatic heterocycles. The molecule has 0 N–H and O–H groups in total. The maximum Gasteiger partial charge on any atom is 0.269 e. The Morgan fingerprint density at radius 2 is 2.14 bits per heavy atom. The second-order valence-electron chi connectivity index (χ2n) is 6.73. The normalized spacial score (nSPS) is 16.0. The summed E-state index contributed by atoms with van der Waals surface area (Å²) < 4.78 is 18.8. The zero-order chi connectivity index (χ0) is 20.2. The molecule has 1 fully saturated rings. The van der Waals surface area contributed by atoms with E-state index in [1.54, 1.807) is 30.1 Å². The molecule has 4 rings (SSSR count). The molecule has 8 nitrogen and oxygen atoms in total. The van der Waals surface area contributed by atoms with Crippen molar-refractivity contribution in [2.45, 2.75) is 25.7 Å². The highest BCUT2D eigenvalue weighted by Crippen LogP contribution is 2.34. The molecule has 0 radical (unpaired) electrons. The number of ether oxygens (including phenoxy) is 3. The van der Waals surface area contributed by atoms with Crippen LogP contribution in [0.15, 0.2) is 54.7 Å². The topological polar surface area (TPSA) is 88.7 Å². The Morgan fingerprint density at radius 3 is 2.90 bits per heavy atom. The molecule has 1 saturated heterocycles. The Hall–Kier alpha value is -3.39. The number of benzene rings is 2. The Labute approximate surface area is 167 Å². The molecule has 0 bridgehead atoms. The molecule has 3 aromatic rings. The van der Waals surface area contributed by atoms with E-state index in [1.807, 2.05) is 30.3 Å². The third kappa shape index (κ3) is 4.22. The first kappa shape index (κ1) is 18.9. The molecule has 0 spiro atoms. The van der Waals surface area contributed by atoms with Gasteiger partial charge < -0.3 is 14.2 Å². The lowest BCUT2D eigenvalue weighted by atomic mass is 10.1. The van der Waals surface area contributed by atoms with Crippen LogP contribution >= 0.6 is 0 Å². The average Bonchev–Trinajstić information content (AvgIpc) is 3.40. The van der Waals surface area contributed by atoms with Gasteiger partial charge in [0, 0.05) is 30.3 Å². The van der Waals surface area contributed by atoms with E-state index in [9.17, 15) is 10.1 Å². The number of nitrogens with zero attached hydrogens (tertiary/aromatic N) is 3. The molecule has 0 saturated carbocycles. The van der Waals surface area contributed by atoms with Gasteiger partial charge in [-0.05, 0) is 36.2 Å². The number of nitro benzene ring substituents is 1. The van der Waals surface area contributed by atoms with Crippen LogP contribution in [0.1, 0.15) is 18.4 Å². The standard InChI is InChI=1S/C21H21N3O5/c1-27-19-8-7-16(13-20(19)29-21-6-3-11-28-21)18-9-10-22-23(18)14-15-4-2-5-17(12-15)24(25)26/h2,4-5,7-10,12-13,21H,3,6,11,14H2,1H3. The van der Waals surface area contributed by atoms with Gasteiger partial charge in [-0.1, -0.05) is 12.1 Å². The Balaban J connectivity index is 1.62. The average molecular weight is 395 g/mol. The van der Waals surface area contributed by atoms with Crippen LogP contribution in [0.25, 0.3) is 11.3 Å². The Kier molecular flexibility index (Phi) is 5.44. The van der Waals surface area contributed by atoms with Crippen LogP contribution in [0.3, 0.4) is 0 Å². The fraction of sp³-hybridized carbons (Fsp3) is 0.286. The maximum absolute atomic E-state index is 11.0. The highest BCUT2D eigenvalue weighted by atomic mass is 16.7. The first-order chi connectivity index (χ1) is 14.1. The summed E-state index contributed by atoms with van der Waals surface area (Å²) in [7, 11) is 1.60. The number of non-ortho nitro benzene ring substituents is 1. The predicted octanol–water partition coefficient (Wildman–Crippen LogP) is 4.03. The van der Waals surface area contributed by atoms with E-state index in [-0.39, 0.29) is 12.0 Å². The van der Waals surface area contributed by atoms with Gasteiger partial charge in [-0.3, -0.25) is 14.8 Å². The minimum absolute atomic E-state index is 0.0629. The van der Waals surface area contributed by atoms with Crippen molar-refractivity contribution in [2.24, 2.45) is 0 Å². The van der Waals surface area contributed by atoms with Gasteiger partial charge in [0.05, 0.1) is 30.9 Å². The number of hydrogen-bond acceptors (Lipinski definition) is 6. The van der Waals surface area contributed by atoms with Crippen molar-refractivity contribution < 1.29 is 19.1 Å². The van der Waals surface area contributed by atoms with Gasteiger partial charge in [0.2, 0.25) is 0 Å². The van der Waals surface area contributed by atoms with Gasteiger partial charge in [-0.15, -0.1) is 0 Å². The van der Waals surface area contributed by atoms with Gasteiger partial charge in [-0.25, -0.2) is 0 Å². The minimum atomic E-state index is -0.397. The zero-order valence-corrected chi connectivity index (χ0v) is 16.0. The lowest BCUT2D eigenvalue weighted by Gasteiger charge is -2.17. The van der Waals surface area contributed by atoms with Crippen LogP contribution in [0.2, 0.25) is 0 Å². The fourth-order valence-corrected chi connectivity index (χ4v) is 3.36. The van der Waals surface area contributed by atoms with Crippen LogP contribution in [0, 0.1) is 10.1 Å². The minimum Gasteiger partial charge on any atom is -0.493 e. The molecule has 1 atom stereocenters. The number of methoxy groups -OCH3 is 1. The van der Waals surface area contributed by atoms with Gasteiger partial charge in [0.25, 0.3) is 5.69 Å². The fourth-order valence-electron chi connectivity index (χ4n) is 3.36. The lowest BCUT2D eigenvalue weighted by molar-refractivity contribution is -0.384. The van der Waals surface area contributed by atoms with Crippen molar-refractivity contribution >= 4 is 5.69 Å². The van der Waals surface area contributed by atoms with Crippen LogP contribution in [0.4, 0.5) is 5.69 Å². The van der Waals surface area contributed by atoms with E-state index >= 15 is 0 Å². The molecule has 0 aliphatic carbocycles. The van der Waals surface area contributed by atoms with E-state index in [0.29, 0.717) is 24.7 Å². The molecular formula is C21H21N3O5. The second-order valence-corrected chi connectivity index (χ2v) is 6.73. The summed E-state index contributed by atoms with van der Waals surface area (Å²) >= 11 is 0. The molecular weight excluding hydrogens is 374 g/mol. The molecule has 8 heteroatoms. The smallest absolute Gasteiger partial charge is 0.269 e. The van der Waals surface area contributed by atoms with Crippen molar-refractivity contribution in [1.82, 2.24) is 9.78 Å². The largest absolute Gasteiger partial charge is 0.493 e. The van der Waals surface area contributed by atoms with E-state index in [4.69, 9.17) is 14.2 Å². The zero-order valence-electron chi connectivity index (χ0n) is 16.0. The first-order valence-corrected chi connectivity index (χ1v) is 9.36. The summed E-state index contributed by atoms with van der Waals surface area (Å²) in [5.74, 6) is 1.24. The van der Waals surface area contributed by atoms with Crippen molar-refractivity contribution in [2.75, 3.05) is 13.7 Å². The summed E-state index contributed by atoms with van der Waals surface area (Å²) in [4.78, 5) is 10.6. The number of aromatic nitrogens is 2. The maximum atomic E-state index is 11.0. The van der Waals surface area contributed by atoms with E-state index in [0.717, 1.165) is 29.7 Å². The van der Waals surface area contributed by atoms with Crippen LogP contribution in [0.5, 0.6) is 11.5 Å². The summed E-state index contributed by atoms with van der Waals surface area (Å²) in [6.07, 6.45) is 3.26. The number of nitro groups is 1. The summed E-state index contributed by atoms with van der Waals surface area (Å²) in [6, 6.07) is 14.1. The van der Waals surface area contributed by atoms with Crippen molar-refractivity contribution in [3.63, 3.8) is 0 Å². The monoisotopic (exact) mass is 395 g/mol. The van der Waals surface area contributed by atoms with Crippen molar-refractivity contribution in [3.05, 3.63) is 70.4 Å².